The lowest BCUT2D eigenvalue weighted by Crippen LogP contribution is -2.45. The maximum atomic E-state index is 3.62. The van der Waals surface area contributed by atoms with Crippen LogP contribution in [0.15, 0.2) is 24.3 Å². The SMILES string of the molecule is CNC1c2ccccc2CCCC1N1CCCN(C)CC1. The van der Waals surface area contributed by atoms with Crippen molar-refractivity contribution in [3.05, 3.63) is 35.4 Å². The fourth-order valence-corrected chi connectivity index (χ4v) is 4.08. The summed E-state index contributed by atoms with van der Waals surface area (Å²) in [5, 5.41) is 3.62. The zero-order valence-electron chi connectivity index (χ0n) is 13.5. The first-order valence-electron chi connectivity index (χ1n) is 8.47. The molecule has 3 nitrogen and oxygen atoms in total. The van der Waals surface area contributed by atoms with Crippen LogP contribution in [-0.2, 0) is 6.42 Å². The van der Waals surface area contributed by atoms with E-state index in [4.69, 9.17) is 0 Å². The average Bonchev–Trinajstić information content (AvgIpc) is 2.82. The summed E-state index contributed by atoms with van der Waals surface area (Å²) >= 11 is 0. The zero-order valence-corrected chi connectivity index (χ0v) is 13.5. The molecule has 1 aliphatic carbocycles. The second kappa shape index (κ2) is 6.91. The minimum Gasteiger partial charge on any atom is -0.312 e. The Morgan fingerprint density at radius 2 is 1.90 bits per heavy atom. The van der Waals surface area contributed by atoms with Crippen LogP contribution in [0.1, 0.15) is 36.4 Å². The van der Waals surface area contributed by atoms with Crippen molar-refractivity contribution in [3.8, 4) is 0 Å². The molecule has 0 bridgehead atoms. The molecule has 3 rings (SSSR count). The van der Waals surface area contributed by atoms with E-state index in [1.54, 1.807) is 5.56 Å². The van der Waals surface area contributed by atoms with E-state index in [1.807, 2.05) is 0 Å². The number of fused-ring (bicyclic) bond motifs is 1. The maximum absolute atomic E-state index is 3.62. The van der Waals surface area contributed by atoms with Gasteiger partial charge in [0.25, 0.3) is 0 Å². The van der Waals surface area contributed by atoms with Crippen molar-refractivity contribution in [2.75, 3.05) is 40.3 Å². The van der Waals surface area contributed by atoms with Gasteiger partial charge in [0.15, 0.2) is 0 Å². The van der Waals surface area contributed by atoms with Crippen LogP contribution in [-0.4, -0.2) is 56.1 Å². The molecule has 2 unspecified atom stereocenters. The second-order valence-electron chi connectivity index (χ2n) is 6.62. The lowest BCUT2D eigenvalue weighted by molar-refractivity contribution is 0.156. The van der Waals surface area contributed by atoms with E-state index in [1.165, 1.54) is 57.4 Å². The molecule has 2 atom stereocenters. The smallest absolute Gasteiger partial charge is 0.0478 e. The lowest BCUT2D eigenvalue weighted by Gasteiger charge is -2.36. The zero-order chi connectivity index (χ0) is 14.7. The number of likely N-dealkylation sites (N-methyl/N-ethyl adjacent to an activating group) is 2. The highest BCUT2D eigenvalue weighted by Crippen LogP contribution is 2.32. The van der Waals surface area contributed by atoms with Crippen LogP contribution in [0.2, 0.25) is 0 Å². The topological polar surface area (TPSA) is 18.5 Å². The number of aryl methyl sites for hydroxylation is 1. The molecule has 0 spiro atoms. The van der Waals surface area contributed by atoms with Gasteiger partial charge in [-0.1, -0.05) is 24.3 Å². The quantitative estimate of drug-likeness (QED) is 0.842. The Kier molecular flexibility index (Phi) is 4.94. The largest absolute Gasteiger partial charge is 0.312 e. The molecule has 21 heavy (non-hydrogen) atoms. The molecule has 2 aliphatic rings. The minimum absolute atomic E-state index is 0.479. The Hall–Kier alpha value is -0.900. The van der Waals surface area contributed by atoms with Crippen molar-refractivity contribution in [1.82, 2.24) is 15.1 Å². The summed E-state index contributed by atoms with van der Waals surface area (Å²) in [4.78, 5) is 5.21. The van der Waals surface area contributed by atoms with E-state index in [-0.39, 0.29) is 0 Å². The monoisotopic (exact) mass is 287 g/mol. The van der Waals surface area contributed by atoms with E-state index >= 15 is 0 Å². The highest BCUT2D eigenvalue weighted by Gasteiger charge is 2.31. The van der Waals surface area contributed by atoms with Crippen molar-refractivity contribution < 1.29 is 0 Å². The van der Waals surface area contributed by atoms with Gasteiger partial charge in [-0.2, -0.15) is 0 Å². The Morgan fingerprint density at radius 3 is 2.76 bits per heavy atom. The molecule has 1 aromatic carbocycles. The van der Waals surface area contributed by atoms with Gasteiger partial charge in [-0.25, -0.2) is 0 Å². The third kappa shape index (κ3) is 3.31. The molecule has 1 N–H and O–H groups in total. The molecule has 0 amide bonds. The van der Waals surface area contributed by atoms with Crippen molar-refractivity contribution >= 4 is 0 Å². The van der Waals surface area contributed by atoms with Gasteiger partial charge < -0.3 is 10.2 Å². The summed E-state index contributed by atoms with van der Waals surface area (Å²) in [6.07, 6.45) is 5.15. The van der Waals surface area contributed by atoms with Crippen molar-refractivity contribution in [3.63, 3.8) is 0 Å². The van der Waals surface area contributed by atoms with Crippen molar-refractivity contribution in [2.24, 2.45) is 0 Å². The van der Waals surface area contributed by atoms with Crippen LogP contribution in [0.4, 0.5) is 0 Å². The third-order valence-corrected chi connectivity index (χ3v) is 5.26. The molecule has 1 saturated heterocycles. The van der Waals surface area contributed by atoms with Crippen molar-refractivity contribution in [2.45, 2.75) is 37.8 Å². The van der Waals surface area contributed by atoms with E-state index in [0.29, 0.717) is 12.1 Å². The average molecular weight is 287 g/mol. The molecule has 0 saturated carbocycles. The molecule has 1 aromatic rings. The van der Waals surface area contributed by atoms with Crippen LogP contribution < -0.4 is 5.32 Å². The van der Waals surface area contributed by atoms with E-state index in [2.05, 4.69) is 53.5 Å². The van der Waals surface area contributed by atoms with Gasteiger partial charge in [0.2, 0.25) is 0 Å². The predicted octanol–water partition coefficient (Wildman–Crippen LogP) is 2.29. The molecule has 1 aliphatic heterocycles. The molecule has 1 heterocycles. The number of nitrogens with zero attached hydrogens (tertiary/aromatic N) is 2. The fourth-order valence-electron chi connectivity index (χ4n) is 4.08. The summed E-state index contributed by atoms with van der Waals surface area (Å²) < 4.78 is 0. The molecule has 0 radical (unpaired) electrons. The van der Waals surface area contributed by atoms with Crippen LogP contribution in [0.25, 0.3) is 0 Å². The molecule has 116 valence electrons. The van der Waals surface area contributed by atoms with Crippen LogP contribution in [0.5, 0.6) is 0 Å². The van der Waals surface area contributed by atoms with Crippen LogP contribution in [0, 0.1) is 0 Å². The first kappa shape index (κ1) is 15.0. The summed E-state index contributed by atoms with van der Waals surface area (Å²) in [6.45, 7) is 4.90. The number of nitrogens with one attached hydrogen (secondary N) is 1. The summed E-state index contributed by atoms with van der Waals surface area (Å²) in [5.41, 5.74) is 3.08. The summed E-state index contributed by atoms with van der Waals surface area (Å²) in [6, 6.07) is 10.2. The molecule has 3 heteroatoms. The predicted molar refractivity (Wildman–Crippen MR) is 88.7 cm³/mol. The number of hydrogen-bond donors (Lipinski definition) is 1. The first-order chi connectivity index (χ1) is 10.3. The Bertz CT molecular complexity index is 460. The van der Waals surface area contributed by atoms with E-state index < -0.39 is 0 Å². The van der Waals surface area contributed by atoms with Crippen LogP contribution in [0.3, 0.4) is 0 Å². The number of benzene rings is 1. The highest BCUT2D eigenvalue weighted by atomic mass is 15.2. The molecule has 1 fully saturated rings. The van der Waals surface area contributed by atoms with Gasteiger partial charge >= 0.3 is 0 Å². The van der Waals surface area contributed by atoms with Gasteiger partial charge in [0, 0.05) is 25.2 Å². The molecular weight excluding hydrogens is 258 g/mol. The Morgan fingerprint density at radius 1 is 1.05 bits per heavy atom. The third-order valence-electron chi connectivity index (χ3n) is 5.26. The molecule has 0 aromatic heterocycles. The standard InChI is InChI=1S/C18H29N3/c1-19-18-16-9-4-3-7-15(16)8-5-10-17(18)21-12-6-11-20(2)13-14-21/h3-4,7,9,17-19H,5-6,8,10-14H2,1-2H3. The second-order valence-corrected chi connectivity index (χ2v) is 6.62. The Balaban J connectivity index is 1.84. The van der Waals surface area contributed by atoms with Crippen molar-refractivity contribution in [1.29, 1.82) is 0 Å². The number of rotatable bonds is 2. The number of hydrogen-bond acceptors (Lipinski definition) is 3. The van der Waals surface area contributed by atoms with E-state index in [9.17, 15) is 0 Å². The summed E-state index contributed by atoms with van der Waals surface area (Å²) in [5.74, 6) is 0. The maximum Gasteiger partial charge on any atom is 0.0478 e. The Labute approximate surface area is 129 Å². The fraction of sp³-hybridized carbons (Fsp3) is 0.667. The van der Waals surface area contributed by atoms with Gasteiger partial charge in [0.1, 0.15) is 0 Å². The normalized spacial score (nSPS) is 28.7. The van der Waals surface area contributed by atoms with E-state index in [0.717, 1.165) is 0 Å². The van der Waals surface area contributed by atoms with Crippen LogP contribution >= 0.6 is 0 Å². The minimum atomic E-state index is 0.479. The van der Waals surface area contributed by atoms with Gasteiger partial charge in [-0.15, -0.1) is 0 Å². The van der Waals surface area contributed by atoms with Gasteiger partial charge in [-0.3, -0.25) is 4.90 Å². The lowest BCUT2D eigenvalue weighted by atomic mass is 9.95. The molecular formula is C18H29N3. The summed E-state index contributed by atoms with van der Waals surface area (Å²) in [7, 11) is 4.38. The first-order valence-corrected chi connectivity index (χ1v) is 8.47. The highest BCUT2D eigenvalue weighted by molar-refractivity contribution is 5.32. The van der Waals surface area contributed by atoms with Gasteiger partial charge in [-0.05, 0) is 64.0 Å². The van der Waals surface area contributed by atoms with Gasteiger partial charge in [0.05, 0.1) is 0 Å².